The van der Waals surface area contributed by atoms with E-state index in [0.29, 0.717) is 52.9 Å². The zero-order valence-corrected chi connectivity index (χ0v) is 16.6. The number of aromatic nitrogens is 1. The van der Waals surface area contributed by atoms with Crippen LogP contribution in [-0.2, 0) is 11.3 Å². The molecule has 1 aromatic heterocycles. The van der Waals surface area contributed by atoms with Gasteiger partial charge in [0, 0.05) is 12.3 Å². The van der Waals surface area contributed by atoms with E-state index in [1.807, 2.05) is 18.2 Å². The van der Waals surface area contributed by atoms with Crippen LogP contribution in [0.5, 0.6) is 17.2 Å². The Balaban J connectivity index is 1.37. The SMILES string of the molecule is C/C(=C(/N)CCCOCc1ccc2c(c1)OCO2)c1c(O)c2ccccc2o[n+]1=O. The lowest BCUT2D eigenvalue weighted by atomic mass is 10.1. The highest BCUT2D eigenvalue weighted by Crippen LogP contribution is 2.33. The normalized spacial score (nSPS) is 13.5. The van der Waals surface area contributed by atoms with Crippen LogP contribution < -0.4 is 19.8 Å². The molecule has 4 rings (SSSR count). The Labute approximate surface area is 172 Å². The predicted octanol–water partition coefficient (Wildman–Crippen LogP) is 3.47. The second kappa shape index (κ2) is 8.46. The minimum Gasteiger partial charge on any atom is -0.501 e. The highest BCUT2D eigenvalue weighted by Gasteiger charge is 2.26. The molecule has 8 nitrogen and oxygen atoms in total. The molecule has 0 bridgehead atoms. The van der Waals surface area contributed by atoms with Gasteiger partial charge in [0.15, 0.2) is 11.5 Å². The van der Waals surface area contributed by atoms with Crippen molar-refractivity contribution in [3.05, 3.63) is 64.3 Å². The Morgan fingerprint density at radius 1 is 1.20 bits per heavy atom. The topological polar surface area (TPSA) is 110 Å². The van der Waals surface area contributed by atoms with Crippen molar-refractivity contribution in [3.63, 3.8) is 0 Å². The number of fused-ring (bicyclic) bond motifs is 2. The molecular formula is C22H23N2O6+. The maximum atomic E-state index is 12.3. The summed E-state index contributed by atoms with van der Waals surface area (Å²) in [4.78, 5) is 12.3. The van der Waals surface area contributed by atoms with E-state index in [1.54, 1.807) is 31.2 Å². The smallest absolute Gasteiger partial charge is 0.363 e. The molecular weight excluding hydrogens is 388 g/mol. The van der Waals surface area contributed by atoms with Gasteiger partial charge in [-0.2, -0.15) is 4.52 Å². The lowest BCUT2D eigenvalue weighted by molar-refractivity contribution is -0.704. The van der Waals surface area contributed by atoms with Crippen LogP contribution in [0.15, 0.2) is 52.7 Å². The number of rotatable bonds is 7. The molecule has 0 saturated heterocycles. The van der Waals surface area contributed by atoms with Gasteiger partial charge in [-0.3, -0.25) is 0 Å². The van der Waals surface area contributed by atoms with E-state index in [0.717, 1.165) is 17.1 Å². The Kier molecular flexibility index (Phi) is 5.58. The third kappa shape index (κ3) is 3.95. The van der Waals surface area contributed by atoms with Crippen LogP contribution in [0.25, 0.3) is 16.5 Å². The molecule has 0 amide bonds. The van der Waals surface area contributed by atoms with Gasteiger partial charge in [0.2, 0.25) is 18.1 Å². The fourth-order valence-corrected chi connectivity index (χ4v) is 3.33. The van der Waals surface area contributed by atoms with Crippen molar-refractivity contribution in [1.29, 1.82) is 0 Å². The molecule has 1 aliphatic rings. The van der Waals surface area contributed by atoms with Gasteiger partial charge in [-0.05, 0) is 49.6 Å². The summed E-state index contributed by atoms with van der Waals surface area (Å²) in [5, 5.41) is 11.0. The Morgan fingerprint density at radius 2 is 2.00 bits per heavy atom. The number of ether oxygens (including phenoxy) is 3. The average Bonchev–Trinajstić information content (AvgIpc) is 3.21. The fraction of sp³-hybridized carbons (Fsp3) is 0.273. The monoisotopic (exact) mass is 411 g/mol. The summed E-state index contributed by atoms with van der Waals surface area (Å²) in [6.45, 7) is 2.88. The van der Waals surface area contributed by atoms with Crippen molar-refractivity contribution < 1.29 is 28.4 Å². The van der Waals surface area contributed by atoms with Crippen molar-refractivity contribution in [3.8, 4) is 17.2 Å². The number of nitrogens with zero attached hydrogens (tertiary/aromatic N) is 1. The highest BCUT2D eigenvalue weighted by molar-refractivity contribution is 5.86. The van der Waals surface area contributed by atoms with Crippen molar-refractivity contribution in [2.45, 2.75) is 26.4 Å². The van der Waals surface area contributed by atoms with Crippen molar-refractivity contribution in [2.24, 2.45) is 5.73 Å². The standard InChI is InChI=1S/C22H22N2O6/c1-14(21-22(25)16-5-2-3-7-18(16)30-24(21)26)17(23)6-4-10-27-12-15-8-9-19-20(11-15)29-13-28-19/h2-3,5,7-9,11H,4,6,10,12-13,23H2,1H3/p+1. The van der Waals surface area contributed by atoms with Crippen LogP contribution in [0.2, 0.25) is 0 Å². The molecule has 2 heterocycles. The zero-order chi connectivity index (χ0) is 21.1. The Bertz CT molecular complexity index is 1170. The number of benzene rings is 2. The lowest BCUT2D eigenvalue weighted by Crippen LogP contribution is -2.21. The number of allylic oxidation sites excluding steroid dienone is 2. The van der Waals surface area contributed by atoms with Crippen LogP contribution in [0.4, 0.5) is 0 Å². The van der Waals surface area contributed by atoms with E-state index < -0.39 is 0 Å². The molecule has 0 aliphatic carbocycles. The first-order valence-corrected chi connectivity index (χ1v) is 9.64. The Hall–Kier alpha value is -3.52. The van der Waals surface area contributed by atoms with E-state index in [-0.39, 0.29) is 18.2 Å². The van der Waals surface area contributed by atoms with E-state index in [9.17, 15) is 10.0 Å². The van der Waals surface area contributed by atoms with Crippen LogP contribution in [-0.4, -0.2) is 18.5 Å². The third-order valence-electron chi connectivity index (χ3n) is 5.01. The summed E-state index contributed by atoms with van der Waals surface area (Å²) >= 11 is 0. The molecule has 0 fully saturated rings. The molecule has 0 spiro atoms. The van der Waals surface area contributed by atoms with E-state index in [1.165, 1.54) is 0 Å². The van der Waals surface area contributed by atoms with Crippen molar-refractivity contribution >= 4 is 16.5 Å². The van der Waals surface area contributed by atoms with E-state index in [2.05, 4.69) is 0 Å². The molecule has 3 N–H and O–H groups in total. The van der Waals surface area contributed by atoms with Gasteiger partial charge >= 0.3 is 5.69 Å². The Morgan fingerprint density at radius 3 is 2.87 bits per heavy atom. The van der Waals surface area contributed by atoms with E-state index in [4.69, 9.17) is 24.5 Å². The first-order valence-electron chi connectivity index (χ1n) is 9.64. The number of hydrogen-bond donors (Lipinski definition) is 2. The van der Waals surface area contributed by atoms with Crippen molar-refractivity contribution in [1.82, 2.24) is 0 Å². The zero-order valence-electron chi connectivity index (χ0n) is 16.6. The van der Waals surface area contributed by atoms with E-state index >= 15 is 0 Å². The molecule has 30 heavy (non-hydrogen) atoms. The van der Waals surface area contributed by atoms with Gasteiger partial charge < -0.3 is 25.1 Å². The average molecular weight is 411 g/mol. The highest BCUT2D eigenvalue weighted by atomic mass is 16.7. The number of nitrogens with two attached hydrogens (primary N) is 1. The molecule has 0 radical (unpaired) electrons. The lowest BCUT2D eigenvalue weighted by Gasteiger charge is -2.07. The molecule has 2 aromatic carbocycles. The van der Waals surface area contributed by atoms with Gasteiger partial charge in [-0.1, -0.05) is 18.2 Å². The van der Waals surface area contributed by atoms with Gasteiger partial charge in [0.05, 0.1) is 22.5 Å². The van der Waals surface area contributed by atoms with Crippen molar-refractivity contribution in [2.75, 3.05) is 13.4 Å². The number of aromatic hydroxyl groups is 1. The summed E-state index contributed by atoms with van der Waals surface area (Å²) < 4.78 is 21.9. The quantitative estimate of drug-likeness (QED) is 0.573. The number of hydrogen-bond acceptors (Lipinski definition) is 7. The molecule has 8 heteroatoms. The third-order valence-corrected chi connectivity index (χ3v) is 5.01. The first kappa shape index (κ1) is 19.8. The van der Waals surface area contributed by atoms with Gasteiger partial charge in [0.25, 0.3) is 4.60 Å². The molecule has 0 unspecified atom stereocenters. The molecule has 3 aromatic rings. The largest absolute Gasteiger partial charge is 0.501 e. The molecule has 0 atom stereocenters. The molecule has 0 saturated carbocycles. The van der Waals surface area contributed by atoms with Crippen LogP contribution >= 0.6 is 0 Å². The van der Waals surface area contributed by atoms with Gasteiger partial charge in [-0.15, -0.1) is 0 Å². The van der Waals surface area contributed by atoms with Crippen LogP contribution in [0.1, 0.15) is 31.0 Å². The fourth-order valence-electron chi connectivity index (χ4n) is 3.33. The summed E-state index contributed by atoms with van der Waals surface area (Å²) in [5.74, 6) is 1.32. The number of para-hydroxylation sites is 1. The summed E-state index contributed by atoms with van der Waals surface area (Å²) in [5.41, 5.74) is 8.46. The minimum atomic E-state index is -0.147. The summed E-state index contributed by atoms with van der Waals surface area (Å²) in [6.07, 6.45) is 1.18. The summed E-state index contributed by atoms with van der Waals surface area (Å²) in [7, 11) is 0. The molecule has 1 aliphatic heterocycles. The minimum absolute atomic E-state index is 0.0208. The first-order chi connectivity index (χ1) is 14.5. The van der Waals surface area contributed by atoms with Gasteiger partial charge in [0.1, 0.15) is 0 Å². The summed E-state index contributed by atoms with van der Waals surface area (Å²) in [6, 6.07) is 12.5. The maximum Gasteiger partial charge on any atom is 0.363 e. The molecule has 156 valence electrons. The second-order valence-electron chi connectivity index (χ2n) is 7.04. The second-order valence-corrected chi connectivity index (χ2v) is 7.04. The maximum absolute atomic E-state index is 12.3. The predicted molar refractivity (Wildman–Crippen MR) is 109 cm³/mol. The van der Waals surface area contributed by atoms with Gasteiger partial charge in [-0.25, -0.2) is 0 Å². The van der Waals surface area contributed by atoms with Crippen LogP contribution in [0.3, 0.4) is 0 Å². The van der Waals surface area contributed by atoms with Crippen LogP contribution in [0, 0.1) is 4.91 Å².